The lowest BCUT2D eigenvalue weighted by Gasteiger charge is -2.15. The van der Waals surface area contributed by atoms with E-state index in [-0.39, 0.29) is 5.69 Å². The van der Waals surface area contributed by atoms with E-state index < -0.39 is 17.7 Å². The van der Waals surface area contributed by atoms with Gasteiger partial charge in [0, 0.05) is 21.2 Å². The van der Waals surface area contributed by atoms with Gasteiger partial charge in [0.1, 0.15) is 5.69 Å². The molecule has 4 rings (SSSR count). The summed E-state index contributed by atoms with van der Waals surface area (Å²) in [5.74, 6) is -2.15. The third-order valence-electron chi connectivity index (χ3n) is 5.53. The van der Waals surface area contributed by atoms with Gasteiger partial charge in [0.2, 0.25) is 0 Å². The van der Waals surface area contributed by atoms with E-state index in [1.165, 1.54) is 4.68 Å². The minimum absolute atomic E-state index is 0.188. The summed E-state index contributed by atoms with van der Waals surface area (Å²) in [5.41, 5.74) is 7.24. The number of carbonyl (C=O) groups is 3. The zero-order chi connectivity index (χ0) is 24.4. The van der Waals surface area contributed by atoms with Crippen LogP contribution in [0.3, 0.4) is 0 Å². The average Bonchev–Trinajstić information content (AvgIpc) is 3.15. The summed E-state index contributed by atoms with van der Waals surface area (Å²) < 4.78 is 2.16. The number of nitrogens with zero attached hydrogens (tertiary/aromatic N) is 1. The summed E-state index contributed by atoms with van der Waals surface area (Å²) in [6.07, 6.45) is 0. The predicted octanol–water partition coefficient (Wildman–Crippen LogP) is 5.29. The van der Waals surface area contributed by atoms with Crippen LogP contribution in [0.5, 0.6) is 0 Å². The third kappa shape index (κ3) is 4.72. The average molecular weight is 519 g/mol. The second-order valence-electron chi connectivity index (χ2n) is 8.00. The molecule has 0 spiro atoms. The Balaban J connectivity index is 1.66. The lowest BCUT2D eigenvalue weighted by atomic mass is 10.1. The number of hydrogen-bond donors (Lipinski definition) is 3. The fourth-order valence-electron chi connectivity index (χ4n) is 3.71. The molecule has 0 saturated heterocycles. The highest BCUT2D eigenvalue weighted by atomic mass is 79.9. The molecule has 1 heterocycles. The van der Waals surface area contributed by atoms with E-state index in [0.29, 0.717) is 16.9 Å². The van der Waals surface area contributed by atoms with E-state index in [1.54, 1.807) is 30.3 Å². The number of hydrogen-bond acceptors (Lipinski definition) is 3. The quantitative estimate of drug-likeness (QED) is 0.320. The summed E-state index contributed by atoms with van der Waals surface area (Å²) in [6.45, 7) is 5.65. The van der Waals surface area contributed by atoms with Crippen molar-refractivity contribution < 1.29 is 14.4 Å². The molecular formula is C26H23BrN4O3. The summed E-state index contributed by atoms with van der Waals surface area (Å²) in [6, 6.07) is 20.0. The van der Waals surface area contributed by atoms with Crippen molar-refractivity contribution in [1.29, 1.82) is 0 Å². The Morgan fingerprint density at radius 2 is 1.44 bits per heavy atom. The maximum Gasteiger partial charge on any atom is 0.328 e. The van der Waals surface area contributed by atoms with Gasteiger partial charge in [0.05, 0.1) is 5.52 Å². The number of aromatic nitrogens is 1. The molecule has 3 amide bonds. The van der Waals surface area contributed by atoms with E-state index >= 15 is 0 Å². The number of aryl methyl sites for hydroxylation is 3. The summed E-state index contributed by atoms with van der Waals surface area (Å²) in [7, 11) is 0. The minimum Gasteiger partial charge on any atom is -0.320 e. The maximum atomic E-state index is 13.3. The van der Waals surface area contributed by atoms with Crippen LogP contribution >= 0.6 is 15.9 Å². The first-order chi connectivity index (χ1) is 16.2. The Labute approximate surface area is 205 Å². The molecule has 1 aromatic heterocycles. The molecule has 0 unspecified atom stereocenters. The minimum atomic E-state index is -0.898. The van der Waals surface area contributed by atoms with Crippen LogP contribution in [0.15, 0.2) is 71.2 Å². The van der Waals surface area contributed by atoms with Gasteiger partial charge in [-0.05, 0) is 67.8 Å². The standard InChI is InChI=1S/C26H23BrN4O3/c1-15-7-4-5-10-20(15)28-25(33)26(34)30-31-21-12-11-19(27)13-18(21)14-22(31)24(32)29-23-16(2)8-6-9-17(23)3/h4-14H,1-3H3,(H,28,33)(H,29,32)(H,30,34). The number of carbonyl (C=O) groups excluding carboxylic acids is 3. The molecule has 3 N–H and O–H groups in total. The summed E-state index contributed by atoms with van der Waals surface area (Å²) in [4.78, 5) is 38.7. The van der Waals surface area contributed by atoms with Gasteiger partial charge in [-0.15, -0.1) is 0 Å². The molecule has 3 aromatic carbocycles. The fourth-order valence-corrected chi connectivity index (χ4v) is 4.09. The Morgan fingerprint density at radius 3 is 2.15 bits per heavy atom. The topological polar surface area (TPSA) is 92.2 Å². The highest BCUT2D eigenvalue weighted by molar-refractivity contribution is 9.10. The first kappa shape index (κ1) is 23.3. The van der Waals surface area contributed by atoms with Gasteiger partial charge in [0.15, 0.2) is 0 Å². The number of rotatable bonds is 4. The number of fused-ring (bicyclic) bond motifs is 1. The van der Waals surface area contributed by atoms with E-state index in [4.69, 9.17) is 0 Å². The monoisotopic (exact) mass is 518 g/mol. The van der Waals surface area contributed by atoms with Crippen LogP contribution in [-0.2, 0) is 9.59 Å². The van der Waals surface area contributed by atoms with Crippen molar-refractivity contribution in [3.8, 4) is 0 Å². The Hall–Kier alpha value is -3.91. The molecule has 0 atom stereocenters. The van der Waals surface area contributed by atoms with Crippen molar-refractivity contribution in [2.24, 2.45) is 0 Å². The van der Waals surface area contributed by atoms with Gasteiger partial charge in [-0.2, -0.15) is 0 Å². The molecule has 172 valence electrons. The van der Waals surface area contributed by atoms with Gasteiger partial charge in [0.25, 0.3) is 5.91 Å². The molecule has 0 radical (unpaired) electrons. The second-order valence-corrected chi connectivity index (χ2v) is 8.91. The van der Waals surface area contributed by atoms with Crippen LogP contribution in [0.2, 0.25) is 0 Å². The molecule has 0 fully saturated rings. The van der Waals surface area contributed by atoms with Gasteiger partial charge >= 0.3 is 11.8 Å². The van der Waals surface area contributed by atoms with Gasteiger partial charge < -0.3 is 10.6 Å². The van der Waals surface area contributed by atoms with Crippen molar-refractivity contribution in [3.05, 3.63) is 93.6 Å². The number of amides is 3. The van der Waals surface area contributed by atoms with Crippen molar-refractivity contribution in [2.45, 2.75) is 20.8 Å². The number of benzene rings is 3. The first-order valence-electron chi connectivity index (χ1n) is 10.6. The molecule has 0 aliphatic heterocycles. The highest BCUT2D eigenvalue weighted by Crippen LogP contribution is 2.25. The van der Waals surface area contributed by atoms with Crippen LogP contribution in [-0.4, -0.2) is 22.4 Å². The summed E-state index contributed by atoms with van der Waals surface area (Å²) in [5, 5.41) is 6.27. The van der Waals surface area contributed by atoms with Crippen molar-refractivity contribution in [2.75, 3.05) is 16.1 Å². The zero-order valence-electron chi connectivity index (χ0n) is 18.9. The first-order valence-corrected chi connectivity index (χ1v) is 11.4. The van der Waals surface area contributed by atoms with Crippen molar-refractivity contribution >= 4 is 55.9 Å². The number of anilines is 2. The van der Waals surface area contributed by atoms with Crippen LogP contribution < -0.4 is 16.1 Å². The fraction of sp³-hybridized carbons (Fsp3) is 0.115. The molecule has 34 heavy (non-hydrogen) atoms. The largest absolute Gasteiger partial charge is 0.328 e. The Morgan fingerprint density at radius 1 is 0.765 bits per heavy atom. The molecule has 7 nitrogen and oxygen atoms in total. The van der Waals surface area contributed by atoms with Crippen molar-refractivity contribution in [3.63, 3.8) is 0 Å². The molecular weight excluding hydrogens is 496 g/mol. The van der Waals surface area contributed by atoms with E-state index in [2.05, 4.69) is 32.0 Å². The normalized spacial score (nSPS) is 10.7. The van der Waals surface area contributed by atoms with E-state index in [9.17, 15) is 14.4 Å². The van der Waals surface area contributed by atoms with Crippen LogP contribution in [0.25, 0.3) is 10.9 Å². The number of nitrogens with one attached hydrogen (secondary N) is 3. The molecule has 0 bridgehead atoms. The lowest BCUT2D eigenvalue weighted by Crippen LogP contribution is -2.36. The van der Waals surface area contributed by atoms with Gasteiger partial charge in [-0.25, -0.2) is 4.68 Å². The SMILES string of the molecule is Cc1ccccc1NC(=O)C(=O)Nn1c(C(=O)Nc2c(C)cccc2C)cc2cc(Br)ccc21. The van der Waals surface area contributed by atoms with Crippen molar-refractivity contribution in [1.82, 2.24) is 4.68 Å². The zero-order valence-corrected chi connectivity index (χ0v) is 20.5. The molecule has 8 heteroatoms. The number of para-hydroxylation sites is 2. The Kier molecular flexibility index (Phi) is 6.51. The van der Waals surface area contributed by atoms with Crippen LogP contribution in [0, 0.1) is 20.8 Å². The molecule has 0 saturated carbocycles. The summed E-state index contributed by atoms with van der Waals surface area (Å²) >= 11 is 3.43. The predicted molar refractivity (Wildman–Crippen MR) is 138 cm³/mol. The molecule has 0 aliphatic rings. The molecule has 4 aromatic rings. The molecule has 0 aliphatic carbocycles. The number of halogens is 1. The third-order valence-corrected chi connectivity index (χ3v) is 6.02. The van der Waals surface area contributed by atoms with Crippen LogP contribution in [0.1, 0.15) is 27.2 Å². The van der Waals surface area contributed by atoms with Gasteiger partial charge in [-0.1, -0.05) is 52.3 Å². The van der Waals surface area contributed by atoms with Crippen LogP contribution in [0.4, 0.5) is 11.4 Å². The lowest BCUT2D eigenvalue weighted by molar-refractivity contribution is -0.133. The maximum absolute atomic E-state index is 13.3. The van der Waals surface area contributed by atoms with E-state index in [1.807, 2.05) is 57.2 Å². The van der Waals surface area contributed by atoms with Gasteiger partial charge in [-0.3, -0.25) is 19.8 Å². The smallest absolute Gasteiger partial charge is 0.320 e. The van der Waals surface area contributed by atoms with E-state index in [0.717, 1.165) is 26.5 Å². The Bertz CT molecular complexity index is 1420. The highest BCUT2D eigenvalue weighted by Gasteiger charge is 2.22. The second kappa shape index (κ2) is 9.52.